The number of ether oxygens (including phenoxy) is 2. The lowest BCUT2D eigenvalue weighted by Crippen LogP contribution is -2.14. The summed E-state index contributed by atoms with van der Waals surface area (Å²) in [7, 11) is 2.33. The lowest BCUT2D eigenvalue weighted by molar-refractivity contribution is 0.0444. The van der Waals surface area contributed by atoms with Crippen LogP contribution in [-0.4, -0.2) is 33.2 Å². The van der Waals surface area contributed by atoms with Gasteiger partial charge >= 0.3 is 11.8 Å². The summed E-state index contributed by atoms with van der Waals surface area (Å²) in [6.45, 7) is 3.91. The summed E-state index contributed by atoms with van der Waals surface area (Å²) in [5, 5.41) is 15.6. The molecule has 0 fully saturated rings. The highest BCUT2D eigenvalue weighted by molar-refractivity contribution is 7.15. The third-order valence-corrected chi connectivity index (χ3v) is 6.69. The Morgan fingerprint density at radius 1 is 1.07 bits per heavy atom. The van der Waals surface area contributed by atoms with Crippen LogP contribution in [0.4, 0.5) is 0 Å². The van der Waals surface area contributed by atoms with Gasteiger partial charge in [0.15, 0.2) is 24.0 Å². The molecule has 3 aromatic carbocycles. The van der Waals surface area contributed by atoms with Crippen molar-refractivity contribution in [3.63, 3.8) is 0 Å². The largest absolute Gasteiger partial charge is 0.519 e. The van der Waals surface area contributed by atoms with Crippen LogP contribution in [0.2, 0.25) is 0 Å². The molecule has 5 rings (SSSR count). The fraction of sp³-hybridized carbons (Fsp3) is 0.172. The second-order valence-corrected chi connectivity index (χ2v) is 9.22. The van der Waals surface area contributed by atoms with E-state index in [2.05, 4.69) is 24.6 Å². The average molecular weight is 575 g/mol. The van der Waals surface area contributed by atoms with Crippen LogP contribution in [-0.2, 0) is 17.9 Å². The Kier molecular flexibility index (Phi) is 8.16. The quantitative estimate of drug-likeness (QED) is 0.0629. The molecule has 2 heterocycles. The molecule has 0 aliphatic heterocycles. The van der Waals surface area contributed by atoms with E-state index in [1.807, 2.05) is 60.0 Å². The van der Waals surface area contributed by atoms with E-state index in [4.69, 9.17) is 18.3 Å². The topological polar surface area (TPSA) is 141 Å². The monoisotopic (exact) mass is 574 g/mol. The number of para-hydroxylation sites is 1. The highest BCUT2D eigenvalue weighted by Crippen LogP contribution is 2.29. The number of hydrogen-bond acceptors (Lipinski definition) is 9. The molecule has 2 N–H and O–H groups in total. The summed E-state index contributed by atoms with van der Waals surface area (Å²) in [4.78, 5) is 29.1. The van der Waals surface area contributed by atoms with E-state index >= 15 is 0 Å². The maximum Gasteiger partial charge on any atom is 0.519 e. The molecule has 0 saturated heterocycles. The number of nitrogens with one attached hydrogen (secondary N) is 1. The standard InChI is InChI=1S/C29H27N4O7P/c1-3-37-28-30-23-10-6-9-22(27(34)38-16-24-17(2)39-29(35)40-24)25(23)33(28)15-18-11-13-19(14-12-18)20-7-4-5-8-21(20)26(31-36)32-41/h4-14,36H,3,15-16,41H2,1-2H3,(H,31,32). The Hall–Kier alpha value is -4.89. The van der Waals surface area contributed by atoms with Crippen LogP contribution < -0.4 is 15.6 Å². The Labute approximate surface area is 236 Å². The first-order valence-corrected chi connectivity index (χ1v) is 13.3. The Bertz CT molecular complexity index is 1790. The zero-order chi connectivity index (χ0) is 28.9. The van der Waals surface area contributed by atoms with E-state index in [1.54, 1.807) is 25.1 Å². The molecule has 0 saturated carbocycles. The number of carbonyl (C=O) groups is 1. The molecule has 0 aliphatic carbocycles. The molecule has 2 aromatic heterocycles. The van der Waals surface area contributed by atoms with Gasteiger partial charge in [0, 0.05) is 5.56 Å². The van der Waals surface area contributed by atoms with Gasteiger partial charge in [0.1, 0.15) is 0 Å². The number of fused-ring (bicyclic) bond motifs is 1. The summed E-state index contributed by atoms with van der Waals surface area (Å²) in [5.74, 6) is -0.746. The molecule has 1 unspecified atom stereocenters. The fourth-order valence-electron chi connectivity index (χ4n) is 4.50. The van der Waals surface area contributed by atoms with E-state index < -0.39 is 11.8 Å². The van der Waals surface area contributed by atoms with Crippen molar-refractivity contribution in [2.24, 2.45) is 5.16 Å². The number of nitrogens with zero attached hydrogens (tertiary/aromatic N) is 3. The first kappa shape index (κ1) is 27.7. The van der Waals surface area contributed by atoms with Crippen LogP contribution in [0.15, 0.2) is 85.5 Å². The van der Waals surface area contributed by atoms with Crippen molar-refractivity contribution in [1.82, 2.24) is 14.6 Å². The molecule has 210 valence electrons. The zero-order valence-electron chi connectivity index (χ0n) is 22.3. The van der Waals surface area contributed by atoms with Gasteiger partial charge in [-0.05, 0) is 52.1 Å². The smallest absolute Gasteiger partial charge is 0.465 e. The first-order valence-electron chi connectivity index (χ1n) is 12.7. The van der Waals surface area contributed by atoms with Gasteiger partial charge in [0.25, 0.3) is 6.01 Å². The molecule has 41 heavy (non-hydrogen) atoms. The van der Waals surface area contributed by atoms with Crippen LogP contribution in [0.3, 0.4) is 0 Å². The highest BCUT2D eigenvalue weighted by atomic mass is 31.0. The number of aryl methyl sites for hydroxylation is 1. The van der Waals surface area contributed by atoms with Crippen molar-refractivity contribution >= 4 is 32.2 Å². The average Bonchev–Trinajstić information content (AvgIpc) is 3.50. The summed E-state index contributed by atoms with van der Waals surface area (Å²) in [6.07, 6.45) is 0. The van der Waals surface area contributed by atoms with Crippen LogP contribution >= 0.6 is 9.39 Å². The normalized spacial score (nSPS) is 11.5. The minimum atomic E-state index is -0.854. The number of aromatic nitrogens is 2. The first-order chi connectivity index (χ1) is 19.9. The highest BCUT2D eigenvalue weighted by Gasteiger charge is 2.21. The Morgan fingerprint density at radius 2 is 1.83 bits per heavy atom. The summed E-state index contributed by atoms with van der Waals surface area (Å²) in [6, 6.07) is 21.0. The van der Waals surface area contributed by atoms with E-state index in [1.165, 1.54) is 0 Å². The van der Waals surface area contributed by atoms with Gasteiger partial charge in [-0.25, -0.2) is 9.59 Å². The predicted octanol–water partition coefficient (Wildman–Crippen LogP) is 4.88. The fourth-order valence-corrected chi connectivity index (χ4v) is 4.72. The molecule has 0 spiro atoms. The van der Waals surface area contributed by atoms with Gasteiger partial charge in [0.2, 0.25) is 0 Å². The van der Waals surface area contributed by atoms with Gasteiger partial charge in [-0.3, -0.25) is 4.57 Å². The minimum absolute atomic E-state index is 0.145. The van der Waals surface area contributed by atoms with E-state index in [9.17, 15) is 14.8 Å². The maximum absolute atomic E-state index is 13.2. The summed E-state index contributed by atoms with van der Waals surface area (Å²) >= 11 is 0. The van der Waals surface area contributed by atoms with Crippen LogP contribution in [0.5, 0.6) is 6.01 Å². The predicted molar refractivity (Wildman–Crippen MR) is 154 cm³/mol. The number of imidazole rings is 1. The number of hydrogen-bond donors (Lipinski definition) is 2. The molecule has 0 radical (unpaired) electrons. The van der Waals surface area contributed by atoms with Crippen molar-refractivity contribution in [2.75, 3.05) is 6.61 Å². The Balaban J connectivity index is 1.47. The van der Waals surface area contributed by atoms with Crippen molar-refractivity contribution in [3.05, 3.63) is 106 Å². The molecule has 1 atom stereocenters. The Morgan fingerprint density at radius 3 is 2.51 bits per heavy atom. The second-order valence-electron chi connectivity index (χ2n) is 8.93. The number of oxime groups is 1. The summed E-state index contributed by atoms with van der Waals surface area (Å²) < 4.78 is 22.9. The maximum atomic E-state index is 13.2. The van der Waals surface area contributed by atoms with Crippen LogP contribution in [0.1, 0.15) is 39.9 Å². The second kappa shape index (κ2) is 12.1. The number of amidine groups is 1. The minimum Gasteiger partial charge on any atom is -0.465 e. The van der Waals surface area contributed by atoms with Gasteiger partial charge in [-0.1, -0.05) is 59.8 Å². The lowest BCUT2D eigenvalue weighted by Gasteiger charge is -2.13. The van der Waals surface area contributed by atoms with Gasteiger partial charge in [-0.2, -0.15) is 4.98 Å². The van der Waals surface area contributed by atoms with Crippen LogP contribution in [0, 0.1) is 6.92 Å². The summed E-state index contributed by atoms with van der Waals surface area (Å²) in [5.41, 5.74) is 4.90. The van der Waals surface area contributed by atoms with Gasteiger partial charge in [-0.15, -0.1) is 0 Å². The third-order valence-electron chi connectivity index (χ3n) is 6.42. The van der Waals surface area contributed by atoms with Gasteiger partial charge in [0.05, 0.1) is 29.7 Å². The molecular formula is C29H27N4O7P. The van der Waals surface area contributed by atoms with Crippen molar-refractivity contribution in [2.45, 2.75) is 27.0 Å². The molecule has 12 heteroatoms. The van der Waals surface area contributed by atoms with E-state index in [-0.39, 0.29) is 23.7 Å². The SMILES string of the molecule is CCOc1nc2cccc(C(=O)OCc3oc(=O)oc3C)c2n1Cc1ccc(-c2ccccc2C(=NO)NP)cc1. The number of rotatable bonds is 9. The number of carbonyl (C=O) groups excluding carboxylic acids is 1. The zero-order valence-corrected chi connectivity index (χ0v) is 23.4. The van der Waals surface area contributed by atoms with Crippen molar-refractivity contribution in [3.8, 4) is 17.1 Å². The van der Waals surface area contributed by atoms with E-state index in [0.29, 0.717) is 36.0 Å². The number of benzene rings is 3. The van der Waals surface area contributed by atoms with Crippen LogP contribution in [0.25, 0.3) is 22.2 Å². The molecule has 0 amide bonds. The molecular weight excluding hydrogens is 547 g/mol. The number of esters is 1. The molecule has 0 bridgehead atoms. The van der Waals surface area contributed by atoms with Crippen molar-refractivity contribution in [1.29, 1.82) is 0 Å². The lowest BCUT2D eigenvalue weighted by atomic mass is 9.98. The molecule has 11 nitrogen and oxygen atoms in total. The van der Waals surface area contributed by atoms with Gasteiger partial charge < -0.3 is 28.6 Å². The molecule has 5 aromatic rings. The van der Waals surface area contributed by atoms with E-state index in [0.717, 1.165) is 22.3 Å². The third kappa shape index (κ3) is 5.71. The van der Waals surface area contributed by atoms with Crippen molar-refractivity contribution < 1.29 is 28.3 Å². The molecule has 0 aliphatic rings.